The maximum atomic E-state index is 13.2. The summed E-state index contributed by atoms with van der Waals surface area (Å²) in [6.45, 7) is 2.49. The van der Waals surface area contributed by atoms with Crippen LogP contribution in [0.1, 0.15) is 22.3 Å². The van der Waals surface area contributed by atoms with Crippen LogP contribution in [0.15, 0.2) is 71.6 Å². The van der Waals surface area contributed by atoms with Crippen molar-refractivity contribution in [2.45, 2.75) is 20.1 Å². The third-order valence-electron chi connectivity index (χ3n) is 4.88. The van der Waals surface area contributed by atoms with Crippen LogP contribution in [0.4, 0.5) is 9.18 Å². The number of halogens is 2. The first-order chi connectivity index (χ1) is 15.4. The van der Waals surface area contributed by atoms with Crippen molar-refractivity contribution < 1.29 is 18.7 Å². The van der Waals surface area contributed by atoms with Crippen LogP contribution >= 0.6 is 23.4 Å². The Morgan fingerprint density at radius 1 is 1.06 bits per heavy atom. The molecule has 1 aliphatic heterocycles. The summed E-state index contributed by atoms with van der Waals surface area (Å²) in [7, 11) is 0. The van der Waals surface area contributed by atoms with E-state index in [2.05, 4.69) is 6.07 Å². The molecule has 3 aromatic rings. The Morgan fingerprint density at radius 3 is 2.56 bits per heavy atom. The number of hydrogen-bond acceptors (Lipinski definition) is 4. The summed E-state index contributed by atoms with van der Waals surface area (Å²) < 4.78 is 19.1. The fourth-order valence-electron chi connectivity index (χ4n) is 3.24. The highest BCUT2D eigenvalue weighted by molar-refractivity contribution is 8.18. The van der Waals surface area contributed by atoms with E-state index in [0.29, 0.717) is 22.8 Å². The first kappa shape index (κ1) is 22.1. The molecule has 0 N–H and O–H groups in total. The minimum atomic E-state index is -0.473. The quantitative estimate of drug-likeness (QED) is 0.383. The molecule has 1 aliphatic rings. The highest BCUT2D eigenvalue weighted by atomic mass is 35.5. The molecule has 2 amide bonds. The van der Waals surface area contributed by atoms with E-state index in [4.69, 9.17) is 16.3 Å². The summed E-state index contributed by atoms with van der Waals surface area (Å²) in [6, 6.07) is 19.3. The summed E-state index contributed by atoms with van der Waals surface area (Å²) >= 11 is 6.90. The average molecular weight is 468 g/mol. The van der Waals surface area contributed by atoms with Gasteiger partial charge in [-0.25, -0.2) is 4.39 Å². The van der Waals surface area contributed by atoms with Gasteiger partial charge in [0.15, 0.2) is 0 Å². The molecule has 32 heavy (non-hydrogen) atoms. The van der Waals surface area contributed by atoms with Gasteiger partial charge in [0.1, 0.15) is 18.2 Å². The Hall–Kier alpha value is -3.09. The van der Waals surface area contributed by atoms with E-state index in [1.54, 1.807) is 6.08 Å². The fourth-order valence-corrected chi connectivity index (χ4v) is 4.30. The Kier molecular flexibility index (Phi) is 6.63. The number of rotatable bonds is 6. The van der Waals surface area contributed by atoms with Crippen molar-refractivity contribution in [3.05, 3.63) is 105 Å². The Bertz CT molecular complexity index is 1210. The largest absolute Gasteiger partial charge is 0.489 e. The third kappa shape index (κ3) is 5.21. The molecule has 4 rings (SSSR count). The van der Waals surface area contributed by atoms with E-state index >= 15 is 0 Å². The summed E-state index contributed by atoms with van der Waals surface area (Å²) in [5.74, 6) is -0.165. The van der Waals surface area contributed by atoms with E-state index in [9.17, 15) is 14.0 Å². The lowest BCUT2D eigenvalue weighted by molar-refractivity contribution is -0.123. The summed E-state index contributed by atoms with van der Waals surface area (Å²) in [5, 5.41) is -0.214. The molecule has 0 aliphatic carbocycles. The fraction of sp³-hybridized carbons (Fsp3) is 0.120. The van der Waals surface area contributed by atoms with Crippen molar-refractivity contribution >= 4 is 40.6 Å². The molecular formula is C25H19ClFNO3S. The first-order valence-electron chi connectivity index (χ1n) is 9.87. The zero-order valence-corrected chi connectivity index (χ0v) is 18.8. The van der Waals surface area contributed by atoms with E-state index in [1.165, 1.54) is 17.7 Å². The van der Waals surface area contributed by atoms with Gasteiger partial charge < -0.3 is 4.74 Å². The third-order valence-corrected chi connectivity index (χ3v) is 6.14. The Morgan fingerprint density at radius 2 is 1.84 bits per heavy atom. The van der Waals surface area contributed by atoms with Gasteiger partial charge >= 0.3 is 0 Å². The second-order valence-corrected chi connectivity index (χ2v) is 8.75. The van der Waals surface area contributed by atoms with Crippen LogP contribution in [0.25, 0.3) is 6.08 Å². The van der Waals surface area contributed by atoms with Crippen LogP contribution in [-0.4, -0.2) is 16.0 Å². The summed E-state index contributed by atoms with van der Waals surface area (Å²) in [5.41, 5.74) is 3.55. The van der Waals surface area contributed by atoms with Crippen LogP contribution in [-0.2, 0) is 17.9 Å². The van der Waals surface area contributed by atoms with Crippen LogP contribution in [0, 0.1) is 12.7 Å². The van der Waals surface area contributed by atoms with E-state index in [1.807, 2.05) is 49.4 Å². The highest BCUT2D eigenvalue weighted by Crippen LogP contribution is 2.34. The molecule has 3 aromatic carbocycles. The Balaban J connectivity index is 1.42. The van der Waals surface area contributed by atoms with Gasteiger partial charge in [-0.15, -0.1) is 0 Å². The number of hydrogen-bond donors (Lipinski definition) is 0. The van der Waals surface area contributed by atoms with Gasteiger partial charge in [0.2, 0.25) is 0 Å². The van der Waals surface area contributed by atoms with Gasteiger partial charge in [0.05, 0.1) is 11.4 Å². The molecule has 1 heterocycles. The van der Waals surface area contributed by atoms with E-state index in [0.717, 1.165) is 33.9 Å². The van der Waals surface area contributed by atoms with Crippen molar-refractivity contribution in [3.8, 4) is 5.75 Å². The van der Waals surface area contributed by atoms with Gasteiger partial charge in [-0.1, -0.05) is 59.6 Å². The lowest BCUT2D eigenvalue weighted by Gasteiger charge is -2.13. The van der Waals surface area contributed by atoms with Crippen LogP contribution < -0.4 is 4.74 Å². The average Bonchev–Trinajstić information content (AvgIpc) is 3.02. The molecule has 4 nitrogen and oxygen atoms in total. The van der Waals surface area contributed by atoms with Crippen molar-refractivity contribution in [2.75, 3.05) is 0 Å². The minimum Gasteiger partial charge on any atom is -0.489 e. The maximum absolute atomic E-state index is 13.2. The normalized spacial score (nSPS) is 15.0. The van der Waals surface area contributed by atoms with Crippen molar-refractivity contribution in [1.82, 2.24) is 4.90 Å². The predicted molar refractivity (Wildman–Crippen MR) is 125 cm³/mol. The number of aryl methyl sites for hydroxylation is 1. The number of amides is 2. The molecule has 0 unspecified atom stereocenters. The topological polar surface area (TPSA) is 46.6 Å². The van der Waals surface area contributed by atoms with Gasteiger partial charge in [0.25, 0.3) is 11.1 Å². The van der Waals surface area contributed by atoms with E-state index in [-0.39, 0.29) is 16.8 Å². The van der Waals surface area contributed by atoms with Gasteiger partial charge in [-0.2, -0.15) is 0 Å². The van der Waals surface area contributed by atoms with Crippen molar-refractivity contribution in [2.24, 2.45) is 0 Å². The molecule has 0 atom stereocenters. The smallest absolute Gasteiger partial charge is 0.293 e. The SMILES string of the molecule is Cc1cccc(COc2ccc(/C=C3\SC(=O)N(Cc4ccc(F)cc4Cl)C3=O)cc2)c1. The molecule has 0 saturated carbocycles. The van der Waals surface area contributed by atoms with Crippen molar-refractivity contribution in [1.29, 1.82) is 0 Å². The monoisotopic (exact) mass is 467 g/mol. The van der Waals surface area contributed by atoms with E-state index < -0.39 is 11.7 Å². The number of thioether (sulfide) groups is 1. The summed E-state index contributed by atoms with van der Waals surface area (Å²) in [4.78, 5) is 26.5. The van der Waals surface area contributed by atoms with Crippen LogP contribution in [0.2, 0.25) is 5.02 Å². The zero-order chi connectivity index (χ0) is 22.7. The van der Waals surface area contributed by atoms with Gasteiger partial charge in [-0.05, 0) is 65.7 Å². The van der Waals surface area contributed by atoms with Gasteiger partial charge in [0, 0.05) is 5.02 Å². The van der Waals surface area contributed by atoms with Gasteiger partial charge in [-0.3, -0.25) is 14.5 Å². The van der Waals surface area contributed by atoms with Crippen LogP contribution in [0.3, 0.4) is 0 Å². The number of carbonyl (C=O) groups is 2. The minimum absolute atomic E-state index is 0.00709. The highest BCUT2D eigenvalue weighted by Gasteiger charge is 2.35. The number of nitrogens with zero attached hydrogens (tertiary/aromatic N) is 1. The number of benzene rings is 3. The van der Waals surface area contributed by atoms with Crippen LogP contribution in [0.5, 0.6) is 5.75 Å². The standard InChI is InChI=1S/C25H19ClFNO3S/c1-16-3-2-4-18(11-16)15-31-21-9-5-17(6-10-21)12-23-24(29)28(25(30)32-23)14-19-7-8-20(27)13-22(19)26/h2-13H,14-15H2,1H3/b23-12-. The number of ether oxygens (including phenoxy) is 1. The molecule has 1 fully saturated rings. The molecule has 0 bridgehead atoms. The lowest BCUT2D eigenvalue weighted by atomic mass is 10.1. The predicted octanol–water partition coefficient (Wildman–Crippen LogP) is 6.60. The first-order valence-corrected chi connectivity index (χ1v) is 11.1. The molecule has 0 aromatic heterocycles. The lowest BCUT2D eigenvalue weighted by Crippen LogP contribution is -2.27. The molecule has 1 saturated heterocycles. The summed E-state index contributed by atoms with van der Waals surface area (Å²) in [6.07, 6.45) is 1.67. The maximum Gasteiger partial charge on any atom is 0.293 e. The molecule has 7 heteroatoms. The van der Waals surface area contributed by atoms with Crippen molar-refractivity contribution in [3.63, 3.8) is 0 Å². The number of carbonyl (C=O) groups excluding carboxylic acids is 2. The number of imide groups is 1. The zero-order valence-electron chi connectivity index (χ0n) is 17.2. The molecule has 162 valence electrons. The molecular weight excluding hydrogens is 449 g/mol. The Labute approximate surface area is 194 Å². The molecule has 0 radical (unpaired) electrons. The second-order valence-electron chi connectivity index (χ2n) is 7.35. The molecule has 0 spiro atoms. The second kappa shape index (κ2) is 9.59.